The van der Waals surface area contributed by atoms with Crippen LogP contribution < -0.4 is 25.0 Å². The van der Waals surface area contributed by atoms with Crippen LogP contribution in [0.25, 0.3) is 0 Å². The van der Waals surface area contributed by atoms with Gasteiger partial charge in [0.1, 0.15) is 6.10 Å². The molecule has 0 saturated carbocycles. The van der Waals surface area contributed by atoms with Gasteiger partial charge in [-0.3, -0.25) is 19.2 Å². The summed E-state index contributed by atoms with van der Waals surface area (Å²) in [6.07, 6.45) is 0.527. The number of aliphatic carboxylic acids is 1. The number of carbonyl (C=O) groups excluding carboxylic acids is 3. The van der Waals surface area contributed by atoms with Crippen LogP contribution in [0.4, 0.5) is 11.4 Å². The van der Waals surface area contributed by atoms with Crippen molar-refractivity contribution in [3.05, 3.63) is 82.9 Å². The highest BCUT2D eigenvalue weighted by Crippen LogP contribution is 2.34. The fourth-order valence-corrected chi connectivity index (χ4v) is 5.88. The van der Waals surface area contributed by atoms with Crippen LogP contribution in [0, 0.1) is 6.92 Å². The molecule has 3 aromatic carbocycles. The molecule has 2 fully saturated rings. The van der Waals surface area contributed by atoms with E-state index >= 15 is 0 Å². The van der Waals surface area contributed by atoms with Gasteiger partial charge in [0, 0.05) is 43.9 Å². The zero-order valence-corrected chi connectivity index (χ0v) is 25.5. The summed E-state index contributed by atoms with van der Waals surface area (Å²) in [6, 6.07) is 16.8. The second-order valence-electron chi connectivity index (χ2n) is 11.6. The molecule has 12 heteroatoms. The Morgan fingerprint density at radius 3 is 2.37 bits per heavy atom. The van der Waals surface area contributed by atoms with Gasteiger partial charge in [0.05, 0.1) is 23.8 Å². The molecule has 12 nitrogen and oxygen atoms in total. The number of carboxylic acids is 1. The van der Waals surface area contributed by atoms with Crippen molar-refractivity contribution in [2.45, 2.75) is 38.3 Å². The van der Waals surface area contributed by atoms with Gasteiger partial charge in [-0.1, -0.05) is 29.8 Å². The maximum absolute atomic E-state index is 13.5. The van der Waals surface area contributed by atoms with Crippen LogP contribution in [0.15, 0.2) is 60.7 Å². The number of ether oxygens (including phenoxy) is 3. The highest BCUT2D eigenvalue weighted by atomic mass is 16.7. The predicted molar refractivity (Wildman–Crippen MR) is 168 cm³/mol. The zero-order valence-electron chi connectivity index (χ0n) is 25.5. The number of nitrogens with one attached hydrogen (secondary N) is 2. The van der Waals surface area contributed by atoms with E-state index < -0.39 is 24.0 Å². The first-order chi connectivity index (χ1) is 22.2. The fourth-order valence-electron chi connectivity index (χ4n) is 5.88. The van der Waals surface area contributed by atoms with Crippen molar-refractivity contribution < 1.29 is 38.5 Å². The molecule has 3 N–H and O–H groups in total. The first-order valence-corrected chi connectivity index (χ1v) is 15.3. The summed E-state index contributed by atoms with van der Waals surface area (Å²) in [6.45, 7) is 4.46. The molecule has 3 aliphatic heterocycles. The Hall–Kier alpha value is -5.10. The Kier molecular flexibility index (Phi) is 9.06. The van der Waals surface area contributed by atoms with Gasteiger partial charge >= 0.3 is 5.97 Å². The first-order valence-electron chi connectivity index (χ1n) is 15.3. The average molecular weight is 629 g/mol. The molecular formula is C34H36N4O8. The molecule has 240 valence electrons. The van der Waals surface area contributed by atoms with Gasteiger partial charge in [-0.15, -0.1) is 0 Å². The number of carbonyl (C=O) groups is 4. The second kappa shape index (κ2) is 13.5. The number of benzene rings is 3. The molecule has 2 atom stereocenters. The molecule has 0 spiro atoms. The number of piperazine rings is 1. The summed E-state index contributed by atoms with van der Waals surface area (Å²) < 4.78 is 16.4. The fraction of sp³-hybridized carbons (Fsp3) is 0.353. The topological polar surface area (TPSA) is 147 Å². The molecule has 0 bridgehead atoms. The van der Waals surface area contributed by atoms with Crippen molar-refractivity contribution in [3.8, 4) is 11.5 Å². The quantitative estimate of drug-likeness (QED) is 0.322. The van der Waals surface area contributed by atoms with Crippen molar-refractivity contribution in [2.75, 3.05) is 49.8 Å². The van der Waals surface area contributed by atoms with Gasteiger partial charge in [-0.05, 0) is 61.7 Å². The smallest absolute Gasteiger partial charge is 0.305 e. The molecule has 2 saturated heterocycles. The van der Waals surface area contributed by atoms with Crippen LogP contribution in [0.1, 0.15) is 57.1 Å². The molecule has 3 aromatic rings. The van der Waals surface area contributed by atoms with E-state index in [0.717, 1.165) is 12.0 Å². The third-order valence-electron chi connectivity index (χ3n) is 8.43. The summed E-state index contributed by atoms with van der Waals surface area (Å²) in [7, 11) is 0. The van der Waals surface area contributed by atoms with Crippen LogP contribution in [0.2, 0.25) is 0 Å². The van der Waals surface area contributed by atoms with Crippen molar-refractivity contribution in [1.29, 1.82) is 0 Å². The van der Waals surface area contributed by atoms with Crippen LogP contribution in [0.3, 0.4) is 0 Å². The Labute approximate surface area is 266 Å². The lowest BCUT2D eigenvalue weighted by Gasteiger charge is -2.37. The lowest BCUT2D eigenvalue weighted by Crippen LogP contribution is -2.49. The average Bonchev–Trinajstić information content (AvgIpc) is 3.77. The number of rotatable bonds is 9. The van der Waals surface area contributed by atoms with Gasteiger partial charge in [0.2, 0.25) is 6.79 Å². The molecular weight excluding hydrogens is 592 g/mol. The molecule has 0 radical (unpaired) electrons. The summed E-state index contributed by atoms with van der Waals surface area (Å²) in [4.78, 5) is 55.3. The first kappa shape index (κ1) is 30.9. The number of hydrogen-bond donors (Lipinski definition) is 3. The minimum absolute atomic E-state index is 0.110. The number of aryl methyl sites for hydroxylation is 1. The maximum atomic E-state index is 13.5. The van der Waals surface area contributed by atoms with Gasteiger partial charge in [-0.25, -0.2) is 0 Å². The van der Waals surface area contributed by atoms with Crippen LogP contribution in [-0.2, 0) is 14.3 Å². The SMILES string of the molecule is Cc1ccc(C(CC(=O)O)NC(=O)c2ccc(N3CCN(C(=O)c4ccc5c(c4)OCO5)CC3)c(NC(=O)C3CCCO3)c2)cc1. The number of amides is 3. The van der Waals surface area contributed by atoms with Crippen molar-refractivity contribution in [3.63, 3.8) is 0 Å². The Morgan fingerprint density at radius 1 is 0.913 bits per heavy atom. The monoisotopic (exact) mass is 628 g/mol. The van der Waals surface area contributed by atoms with E-state index in [1.807, 2.05) is 19.1 Å². The summed E-state index contributed by atoms with van der Waals surface area (Å²) >= 11 is 0. The Bertz CT molecular complexity index is 1630. The van der Waals surface area contributed by atoms with E-state index in [1.165, 1.54) is 0 Å². The minimum Gasteiger partial charge on any atom is -0.481 e. The van der Waals surface area contributed by atoms with Gasteiger partial charge in [0.15, 0.2) is 11.5 Å². The van der Waals surface area contributed by atoms with Crippen molar-refractivity contribution in [2.24, 2.45) is 0 Å². The third-order valence-corrected chi connectivity index (χ3v) is 8.43. The van der Waals surface area contributed by atoms with Gasteiger partial charge in [0.25, 0.3) is 17.7 Å². The third kappa shape index (κ3) is 6.91. The summed E-state index contributed by atoms with van der Waals surface area (Å²) in [5.41, 5.74) is 3.63. The maximum Gasteiger partial charge on any atom is 0.305 e. The summed E-state index contributed by atoms with van der Waals surface area (Å²) in [5, 5.41) is 15.3. The molecule has 2 unspecified atom stereocenters. The molecule has 0 aliphatic carbocycles. The van der Waals surface area contributed by atoms with E-state index in [0.29, 0.717) is 73.2 Å². The Balaban J connectivity index is 1.19. The van der Waals surface area contributed by atoms with E-state index in [-0.39, 0.29) is 30.6 Å². The number of nitrogens with zero attached hydrogens (tertiary/aromatic N) is 2. The van der Waals surface area contributed by atoms with E-state index in [4.69, 9.17) is 14.2 Å². The molecule has 6 rings (SSSR count). The second-order valence-corrected chi connectivity index (χ2v) is 11.6. The highest BCUT2D eigenvalue weighted by molar-refractivity contribution is 6.01. The lowest BCUT2D eigenvalue weighted by atomic mass is 10.0. The number of carboxylic acid groups (broad SMARTS) is 1. The predicted octanol–water partition coefficient (Wildman–Crippen LogP) is 3.75. The largest absolute Gasteiger partial charge is 0.481 e. The lowest BCUT2D eigenvalue weighted by molar-refractivity contribution is -0.137. The zero-order chi connectivity index (χ0) is 32.2. The summed E-state index contributed by atoms with van der Waals surface area (Å²) in [5.74, 6) is -0.748. The number of hydrogen-bond acceptors (Lipinski definition) is 8. The molecule has 3 amide bonds. The van der Waals surface area contributed by atoms with Crippen LogP contribution >= 0.6 is 0 Å². The highest BCUT2D eigenvalue weighted by Gasteiger charge is 2.29. The standard InChI is InChI=1S/C34H36N4O8/c1-21-4-6-22(7-5-21)25(19-31(39)40)35-32(41)23-8-10-27(26(17-23)36-33(42)29-3-2-16-44-29)37-12-14-38(15-13-37)34(43)24-9-11-28-30(18-24)46-20-45-28/h4-11,17-18,25,29H,2-3,12-16,19-20H2,1H3,(H,35,41)(H,36,42)(H,39,40). The van der Waals surface area contributed by atoms with Gasteiger partial charge in [-0.2, -0.15) is 0 Å². The van der Waals surface area contributed by atoms with Crippen molar-refractivity contribution >= 4 is 35.1 Å². The molecule has 46 heavy (non-hydrogen) atoms. The van der Waals surface area contributed by atoms with Crippen molar-refractivity contribution in [1.82, 2.24) is 10.2 Å². The molecule has 0 aromatic heterocycles. The molecule has 3 heterocycles. The van der Waals surface area contributed by atoms with Crippen LogP contribution in [-0.4, -0.2) is 79.4 Å². The number of fused-ring (bicyclic) bond motifs is 1. The Morgan fingerprint density at radius 2 is 1.65 bits per heavy atom. The van der Waals surface area contributed by atoms with E-state index in [1.54, 1.807) is 53.4 Å². The van der Waals surface area contributed by atoms with E-state index in [2.05, 4.69) is 15.5 Å². The van der Waals surface area contributed by atoms with E-state index in [9.17, 15) is 24.3 Å². The van der Waals surface area contributed by atoms with Crippen LogP contribution in [0.5, 0.6) is 11.5 Å². The number of anilines is 2. The minimum atomic E-state index is -1.04. The van der Waals surface area contributed by atoms with Gasteiger partial charge < -0.3 is 39.8 Å². The molecule has 3 aliphatic rings. The normalized spacial score (nSPS) is 17.8.